The highest BCUT2D eigenvalue weighted by molar-refractivity contribution is 6.31. The number of benzene rings is 3. The number of aromatic hydroxyl groups is 1. The van der Waals surface area contributed by atoms with Gasteiger partial charge in [-0.1, -0.05) is 54.1 Å². The van der Waals surface area contributed by atoms with E-state index < -0.39 is 0 Å². The molecule has 0 heterocycles. The van der Waals surface area contributed by atoms with Gasteiger partial charge in [-0.15, -0.1) is 0 Å². The molecule has 26 heavy (non-hydrogen) atoms. The molecule has 0 fully saturated rings. The molecule has 3 rings (SSSR count). The third-order valence-electron chi connectivity index (χ3n) is 3.80. The van der Waals surface area contributed by atoms with Gasteiger partial charge in [0.25, 0.3) is 5.91 Å². The largest absolute Gasteiger partial charge is 0.507 e. The highest BCUT2D eigenvalue weighted by atomic mass is 35.5. The molecule has 0 radical (unpaired) electrons. The van der Waals surface area contributed by atoms with Crippen LogP contribution >= 0.6 is 11.6 Å². The fraction of sp³-hybridized carbons (Fsp3) is 0.0952. The molecule has 0 aliphatic carbocycles. The first-order valence-corrected chi connectivity index (χ1v) is 8.52. The fourth-order valence-electron chi connectivity index (χ4n) is 2.45. The third-order valence-corrected chi connectivity index (χ3v) is 4.04. The quantitative estimate of drug-likeness (QED) is 0.671. The van der Waals surface area contributed by atoms with E-state index in [9.17, 15) is 9.90 Å². The van der Waals surface area contributed by atoms with Gasteiger partial charge in [-0.2, -0.15) is 0 Å². The number of carbonyl (C=O) groups excluding carboxylic acids is 1. The second-order valence-electron chi connectivity index (χ2n) is 5.77. The summed E-state index contributed by atoms with van der Waals surface area (Å²) in [6.07, 6.45) is 0. The molecule has 0 spiro atoms. The van der Waals surface area contributed by atoms with Crippen LogP contribution in [0.4, 0.5) is 0 Å². The minimum atomic E-state index is -0.388. The summed E-state index contributed by atoms with van der Waals surface area (Å²) in [5, 5.41) is 12.9. The zero-order chi connectivity index (χ0) is 18.4. The van der Waals surface area contributed by atoms with Gasteiger partial charge in [-0.05, 0) is 41.5 Å². The second kappa shape index (κ2) is 8.41. The molecule has 0 aromatic heterocycles. The normalized spacial score (nSPS) is 10.3. The number of phenolic OH excluding ortho intramolecular Hbond substituents is 1. The first-order chi connectivity index (χ1) is 12.6. The maximum Gasteiger partial charge on any atom is 0.255 e. The predicted molar refractivity (Wildman–Crippen MR) is 102 cm³/mol. The van der Waals surface area contributed by atoms with Crippen LogP contribution in [0.3, 0.4) is 0 Å². The smallest absolute Gasteiger partial charge is 0.255 e. The molecule has 132 valence electrons. The van der Waals surface area contributed by atoms with Crippen LogP contribution in [-0.2, 0) is 13.2 Å². The van der Waals surface area contributed by atoms with Crippen molar-refractivity contribution in [3.05, 3.63) is 94.5 Å². The number of phenols is 1. The van der Waals surface area contributed by atoms with Crippen molar-refractivity contribution >= 4 is 17.5 Å². The maximum atomic E-state index is 12.2. The molecule has 5 heteroatoms. The van der Waals surface area contributed by atoms with Crippen molar-refractivity contribution in [2.24, 2.45) is 0 Å². The van der Waals surface area contributed by atoms with Crippen LogP contribution in [0.25, 0.3) is 0 Å². The zero-order valence-corrected chi connectivity index (χ0v) is 14.7. The van der Waals surface area contributed by atoms with Crippen LogP contribution in [0.2, 0.25) is 5.02 Å². The van der Waals surface area contributed by atoms with Crippen molar-refractivity contribution in [1.82, 2.24) is 5.32 Å². The van der Waals surface area contributed by atoms with Crippen LogP contribution in [-0.4, -0.2) is 11.0 Å². The summed E-state index contributed by atoms with van der Waals surface area (Å²) in [6.45, 7) is 0.792. The molecule has 0 unspecified atom stereocenters. The number of hydrogen-bond acceptors (Lipinski definition) is 3. The number of amides is 1. The molecule has 0 bridgehead atoms. The number of halogens is 1. The standard InChI is InChI=1S/C21H18ClNO3/c22-17-9-10-20(24)19(12-17)21(25)23-13-16-7-4-8-18(11-16)26-14-15-5-2-1-3-6-15/h1-12,24H,13-14H2,(H,23,25). The molecule has 0 aliphatic rings. The van der Waals surface area contributed by atoms with Gasteiger partial charge in [-0.25, -0.2) is 0 Å². The van der Waals surface area contributed by atoms with E-state index in [2.05, 4.69) is 5.32 Å². The Kier molecular flexibility index (Phi) is 5.77. The molecule has 0 atom stereocenters. The summed E-state index contributed by atoms with van der Waals surface area (Å²) in [4.78, 5) is 12.2. The number of ether oxygens (including phenoxy) is 1. The van der Waals surface area contributed by atoms with E-state index >= 15 is 0 Å². The van der Waals surface area contributed by atoms with Gasteiger partial charge in [0, 0.05) is 11.6 Å². The zero-order valence-electron chi connectivity index (χ0n) is 14.0. The van der Waals surface area contributed by atoms with E-state index in [0.29, 0.717) is 18.2 Å². The average Bonchev–Trinajstić information content (AvgIpc) is 2.67. The van der Waals surface area contributed by atoms with E-state index in [1.165, 1.54) is 18.2 Å². The Morgan fingerprint density at radius 2 is 1.73 bits per heavy atom. The Labute approximate surface area is 157 Å². The summed E-state index contributed by atoms with van der Waals surface area (Å²) in [5.41, 5.74) is 2.13. The van der Waals surface area contributed by atoms with Gasteiger partial charge in [-0.3, -0.25) is 4.79 Å². The van der Waals surface area contributed by atoms with E-state index in [-0.39, 0.29) is 17.2 Å². The molecule has 1 amide bonds. The minimum absolute atomic E-state index is 0.105. The molecule has 3 aromatic carbocycles. The van der Waals surface area contributed by atoms with Crippen LogP contribution in [0, 0.1) is 0 Å². The highest BCUT2D eigenvalue weighted by Crippen LogP contribution is 2.21. The van der Waals surface area contributed by atoms with Crippen molar-refractivity contribution < 1.29 is 14.6 Å². The topological polar surface area (TPSA) is 58.6 Å². The van der Waals surface area contributed by atoms with E-state index in [4.69, 9.17) is 16.3 Å². The lowest BCUT2D eigenvalue weighted by Gasteiger charge is -2.10. The first kappa shape index (κ1) is 17.8. The monoisotopic (exact) mass is 367 g/mol. The van der Waals surface area contributed by atoms with Gasteiger partial charge in [0.2, 0.25) is 0 Å². The number of carbonyl (C=O) groups is 1. The lowest BCUT2D eigenvalue weighted by Crippen LogP contribution is -2.22. The summed E-state index contributed by atoms with van der Waals surface area (Å²) in [5.74, 6) is 0.235. The molecule has 0 saturated heterocycles. The Bertz CT molecular complexity index is 897. The van der Waals surface area contributed by atoms with E-state index in [1.54, 1.807) is 0 Å². The van der Waals surface area contributed by atoms with Gasteiger partial charge in [0.15, 0.2) is 0 Å². The number of nitrogens with one attached hydrogen (secondary N) is 1. The summed E-state index contributed by atoms with van der Waals surface area (Å²) in [7, 11) is 0. The summed E-state index contributed by atoms with van der Waals surface area (Å²) >= 11 is 5.88. The van der Waals surface area contributed by atoms with Gasteiger partial charge in [0.05, 0.1) is 5.56 Å². The SMILES string of the molecule is O=C(NCc1cccc(OCc2ccccc2)c1)c1cc(Cl)ccc1O. The van der Waals surface area contributed by atoms with Crippen LogP contribution in [0.1, 0.15) is 21.5 Å². The van der Waals surface area contributed by atoms with Crippen LogP contribution < -0.4 is 10.1 Å². The summed E-state index contributed by atoms with van der Waals surface area (Å²) < 4.78 is 5.79. The maximum absolute atomic E-state index is 12.2. The molecule has 2 N–H and O–H groups in total. The summed E-state index contributed by atoms with van der Waals surface area (Å²) in [6, 6.07) is 21.8. The molecule has 4 nitrogen and oxygen atoms in total. The van der Waals surface area contributed by atoms with Crippen LogP contribution in [0.15, 0.2) is 72.8 Å². The van der Waals surface area contributed by atoms with E-state index in [1.807, 2.05) is 54.6 Å². The molecular weight excluding hydrogens is 350 g/mol. The van der Waals surface area contributed by atoms with Crippen molar-refractivity contribution in [2.45, 2.75) is 13.2 Å². The molecule has 0 aliphatic heterocycles. The Balaban J connectivity index is 1.60. The van der Waals surface area contributed by atoms with Crippen molar-refractivity contribution in [3.8, 4) is 11.5 Å². The molecule has 0 saturated carbocycles. The highest BCUT2D eigenvalue weighted by Gasteiger charge is 2.11. The predicted octanol–water partition coefficient (Wildman–Crippen LogP) is 4.55. The third kappa shape index (κ3) is 4.77. The average molecular weight is 368 g/mol. The van der Waals surface area contributed by atoms with Gasteiger partial charge < -0.3 is 15.2 Å². The van der Waals surface area contributed by atoms with Crippen LogP contribution in [0.5, 0.6) is 11.5 Å². The second-order valence-corrected chi connectivity index (χ2v) is 6.20. The Hall–Kier alpha value is -2.98. The first-order valence-electron chi connectivity index (χ1n) is 8.14. The minimum Gasteiger partial charge on any atom is -0.507 e. The number of hydrogen-bond donors (Lipinski definition) is 2. The van der Waals surface area contributed by atoms with Crippen molar-refractivity contribution in [1.29, 1.82) is 0 Å². The lowest BCUT2D eigenvalue weighted by molar-refractivity contribution is 0.0948. The Morgan fingerprint density at radius 1 is 0.962 bits per heavy atom. The molecule has 3 aromatic rings. The van der Waals surface area contributed by atoms with E-state index in [0.717, 1.165) is 16.9 Å². The van der Waals surface area contributed by atoms with Crippen molar-refractivity contribution in [2.75, 3.05) is 0 Å². The van der Waals surface area contributed by atoms with Gasteiger partial charge in [0.1, 0.15) is 18.1 Å². The lowest BCUT2D eigenvalue weighted by atomic mass is 10.1. The van der Waals surface area contributed by atoms with Gasteiger partial charge >= 0.3 is 0 Å². The number of rotatable bonds is 6. The molecular formula is C21H18ClNO3. The van der Waals surface area contributed by atoms with Crippen molar-refractivity contribution in [3.63, 3.8) is 0 Å². The Morgan fingerprint density at radius 3 is 2.54 bits per heavy atom. The fourth-order valence-corrected chi connectivity index (χ4v) is 2.63.